The summed E-state index contributed by atoms with van der Waals surface area (Å²) in [5.74, 6) is 2.52. The highest BCUT2D eigenvalue weighted by atomic mass is 32.2. The number of furan rings is 1. The van der Waals surface area contributed by atoms with Crippen molar-refractivity contribution in [3.8, 4) is 11.8 Å². The van der Waals surface area contributed by atoms with Crippen LogP contribution in [0, 0.1) is 11.3 Å². The average Bonchev–Trinajstić information content (AvgIpc) is 3.37. The summed E-state index contributed by atoms with van der Waals surface area (Å²) in [6.07, 6.45) is 1.77. The molecule has 2 aromatic heterocycles. The molecule has 0 radical (unpaired) electrons. The first-order valence-corrected chi connectivity index (χ1v) is 10.7. The Kier molecular flexibility index (Phi) is 6.16. The highest BCUT2D eigenvalue weighted by Crippen LogP contribution is 2.30. The largest absolute Gasteiger partial charge is 0.450 e. The van der Waals surface area contributed by atoms with Gasteiger partial charge in [0, 0.05) is 23.4 Å². The number of anilines is 2. The molecule has 0 spiro atoms. The number of nitriles is 1. The summed E-state index contributed by atoms with van der Waals surface area (Å²) in [5.41, 5.74) is 2.94. The molecule has 6 nitrogen and oxygen atoms in total. The Morgan fingerprint density at radius 3 is 2.50 bits per heavy atom. The van der Waals surface area contributed by atoms with E-state index in [1.807, 2.05) is 71.3 Å². The van der Waals surface area contributed by atoms with Crippen molar-refractivity contribution in [2.75, 3.05) is 5.32 Å². The summed E-state index contributed by atoms with van der Waals surface area (Å²) in [5, 5.41) is 22.1. The first-order valence-electron chi connectivity index (χ1n) is 9.76. The van der Waals surface area contributed by atoms with Crippen LogP contribution < -0.4 is 5.32 Å². The number of benzene rings is 2. The monoisotopic (exact) mass is 415 g/mol. The average molecular weight is 416 g/mol. The highest BCUT2D eigenvalue weighted by molar-refractivity contribution is 7.98. The van der Waals surface area contributed by atoms with Crippen molar-refractivity contribution in [2.24, 2.45) is 0 Å². The van der Waals surface area contributed by atoms with Crippen molar-refractivity contribution < 1.29 is 4.42 Å². The van der Waals surface area contributed by atoms with Gasteiger partial charge in [0.2, 0.25) is 11.7 Å². The number of para-hydroxylation sites is 2. The van der Waals surface area contributed by atoms with E-state index in [2.05, 4.69) is 28.5 Å². The van der Waals surface area contributed by atoms with E-state index in [1.165, 1.54) is 0 Å². The third kappa shape index (κ3) is 4.39. The Balaban J connectivity index is 1.64. The van der Waals surface area contributed by atoms with Crippen molar-refractivity contribution in [2.45, 2.75) is 30.7 Å². The zero-order chi connectivity index (χ0) is 20.8. The predicted octanol–water partition coefficient (Wildman–Crippen LogP) is 5.72. The molecule has 0 bridgehead atoms. The maximum Gasteiger partial charge on any atom is 0.234 e. The molecule has 0 unspecified atom stereocenters. The van der Waals surface area contributed by atoms with Gasteiger partial charge in [0.05, 0.1) is 5.69 Å². The van der Waals surface area contributed by atoms with Crippen molar-refractivity contribution in [1.29, 1.82) is 5.26 Å². The minimum absolute atomic E-state index is 0.352. The second-order valence-corrected chi connectivity index (χ2v) is 7.62. The van der Waals surface area contributed by atoms with Crippen molar-refractivity contribution >= 4 is 23.4 Å². The molecule has 4 aromatic rings. The third-order valence-corrected chi connectivity index (χ3v) is 5.50. The zero-order valence-electron chi connectivity index (χ0n) is 16.6. The van der Waals surface area contributed by atoms with E-state index in [-0.39, 0.29) is 0 Å². The van der Waals surface area contributed by atoms with Gasteiger partial charge in [-0.2, -0.15) is 5.26 Å². The minimum atomic E-state index is 0.352. The summed E-state index contributed by atoms with van der Waals surface area (Å²) in [4.78, 5) is 0. The van der Waals surface area contributed by atoms with Gasteiger partial charge in [-0.3, -0.25) is 4.57 Å². The van der Waals surface area contributed by atoms with E-state index in [0.717, 1.165) is 40.7 Å². The molecular formula is C23H21N5OS. The quantitative estimate of drug-likeness (QED) is 0.371. The highest BCUT2D eigenvalue weighted by Gasteiger charge is 2.17. The van der Waals surface area contributed by atoms with Gasteiger partial charge in [0.1, 0.15) is 11.8 Å². The summed E-state index contributed by atoms with van der Waals surface area (Å²) < 4.78 is 7.66. The number of hydrogen-bond acceptors (Lipinski definition) is 6. The van der Waals surface area contributed by atoms with Gasteiger partial charge in [-0.15, -0.1) is 10.2 Å². The van der Waals surface area contributed by atoms with E-state index >= 15 is 0 Å². The normalized spacial score (nSPS) is 10.7. The van der Waals surface area contributed by atoms with Crippen molar-refractivity contribution in [3.63, 3.8) is 0 Å². The lowest BCUT2D eigenvalue weighted by molar-refractivity contribution is 0.492. The van der Waals surface area contributed by atoms with Crippen LogP contribution in [-0.4, -0.2) is 14.8 Å². The van der Waals surface area contributed by atoms with Gasteiger partial charge in [-0.1, -0.05) is 55.1 Å². The van der Waals surface area contributed by atoms with Crippen molar-refractivity contribution in [3.05, 3.63) is 83.8 Å². The molecule has 0 aliphatic heterocycles. The maximum absolute atomic E-state index is 9.18. The number of rotatable bonds is 8. The minimum Gasteiger partial charge on any atom is -0.450 e. The fourth-order valence-electron chi connectivity index (χ4n) is 3.13. The van der Waals surface area contributed by atoms with Gasteiger partial charge in [-0.25, -0.2) is 0 Å². The molecule has 0 amide bonds. The van der Waals surface area contributed by atoms with E-state index < -0.39 is 0 Å². The smallest absolute Gasteiger partial charge is 0.234 e. The molecule has 0 saturated heterocycles. The zero-order valence-corrected chi connectivity index (χ0v) is 17.4. The summed E-state index contributed by atoms with van der Waals surface area (Å²) in [7, 11) is 0. The number of thioether (sulfide) groups is 1. The SMILES string of the molecule is CCCc1oc(C#N)cc1CSc1nnc(Nc2ccccc2)n1-c1ccccc1. The summed E-state index contributed by atoms with van der Waals surface area (Å²) >= 11 is 1.57. The second kappa shape index (κ2) is 9.33. The number of nitrogens with one attached hydrogen (secondary N) is 1. The van der Waals surface area contributed by atoms with Crippen LogP contribution in [0.5, 0.6) is 0 Å². The van der Waals surface area contributed by atoms with Gasteiger partial charge in [0.25, 0.3) is 0 Å². The molecule has 1 N–H and O–H groups in total. The Morgan fingerprint density at radius 2 is 1.80 bits per heavy atom. The Labute approximate surface area is 179 Å². The number of aromatic nitrogens is 3. The first-order chi connectivity index (χ1) is 14.8. The van der Waals surface area contributed by atoms with Crippen LogP contribution in [0.15, 0.2) is 76.3 Å². The molecule has 0 aliphatic rings. The Bertz CT molecular complexity index is 1150. The summed E-state index contributed by atoms with van der Waals surface area (Å²) in [6.45, 7) is 2.10. The van der Waals surface area contributed by atoms with E-state index in [9.17, 15) is 5.26 Å². The van der Waals surface area contributed by atoms with E-state index in [1.54, 1.807) is 11.8 Å². The van der Waals surface area contributed by atoms with Gasteiger partial charge < -0.3 is 9.73 Å². The van der Waals surface area contributed by atoms with Crippen LogP contribution >= 0.6 is 11.8 Å². The lowest BCUT2D eigenvalue weighted by atomic mass is 10.2. The molecule has 4 rings (SSSR count). The molecule has 2 heterocycles. The molecule has 2 aromatic carbocycles. The third-order valence-electron chi connectivity index (χ3n) is 4.52. The van der Waals surface area contributed by atoms with Crippen LogP contribution in [0.1, 0.15) is 30.4 Å². The fraction of sp³-hybridized carbons (Fsp3) is 0.174. The topological polar surface area (TPSA) is 79.7 Å². The number of nitrogens with zero attached hydrogens (tertiary/aromatic N) is 4. The number of aryl methyl sites for hydroxylation is 1. The Morgan fingerprint density at radius 1 is 1.07 bits per heavy atom. The van der Waals surface area contributed by atoms with Crippen LogP contribution in [-0.2, 0) is 12.2 Å². The van der Waals surface area contributed by atoms with Gasteiger partial charge >= 0.3 is 0 Å². The number of hydrogen-bond donors (Lipinski definition) is 1. The molecular weight excluding hydrogens is 394 g/mol. The van der Waals surface area contributed by atoms with Crippen molar-refractivity contribution in [1.82, 2.24) is 14.8 Å². The van der Waals surface area contributed by atoms with Crippen LogP contribution in [0.25, 0.3) is 5.69 Å². The summed E-state index contributed by atoms with van der Waals surface area (Å²) in [6, 6.07) is 23.8. The predicted molar refractivity (Wildman–Crippen MR) is 118 cm³/mol. The molecule has 0 aliphatic carbocycles. The molecule has 7 heteroatoms. The second-order valence-electron chi connectivity index (χ2n) is 6.68. The standard InChI is InChI=1S/C23H21N5OS/c1-2-9-21-17(14-20(15-24)29-21)16-30-23-27-26-22(25-18-10-5-3-6-11-18)28(23)19-12-7-4-8-13-19/h3-8,10-14H,2,9,16H2,1H3,(H,25,26). The van der Waals surface area contributed by atoms with Crippen LogP contribution in [0.2, 0.25) is 0 Å². The lowest BCUT2D eigenvalue weighted by Gasteiger charge is -2.11. The lowest BCUT2D eigenvalue weighted by Crippen LogP contribution is -2.03. The van der Waals surface area contributed by atoms with E-state index in [4.69, 9.17) is 4.42 Å². The first kappa shape index (κ1) is 19.8. The fourth-order valence-corrected chi connectivity index (χ4v) is 4.08. The van der Waals surface area contributed by atoms with Gasteiger partial charge in [0.15, 0.2) is 5.16 Å². The molecule has 0 atom stereocenters. The van der Waals surface area contributed by atoms with Crippen LogP contribution in [0.3, 0.4) is 0 Å². The van der Waals surface area contributed by atoms with Gasteiger partial charge in [-0.05, 0) is 36.8 Å². The molecule has 30 heavy (non-hydrogen) atoms. The van der Waals surface area contributed by atoms with Crippen LogP contribution in [0.4, 0.5) is 11.6 Å². The molecule has 0 saturated carbocycles. The van der Waals surface area contributed by atoms with E-state index in [0.29, 0.717) is 17.5 Å². The molecule has 150 valence electrons. The maximum atomic E-state index is 9.18. The molecule has 0 fully saturated rings. The Hall–Kier alpha value is -3.50.